The molecule has 0 saturated heterocycles. The molecule has 0 aromatic heterocycles. The van der Waals surface area contributed by atoms with Crippen LogP contribution in [-0.4, -0.2) is 6.15 Å². The summed E-state index contributed by atoms with van der Waals surface area (Å²) in [7, 11) is -2.41. The van der Waals surface area contributed by atoms with Gasteiger partial charge in [-0.05, 0) is 48.5 Å². The van der Waals surface area contributed by atoms with Crippen LogP contribution in [0, 0.1) is 0 Å². The van der Waals surface area contributed by atoms with E-state index in [0.29, 0.717) is 54.3 Å². The third-order valence-electron chi connectivity index (χ3n) is 11.5. The predicted octanol–water partition coefficient (Wildman–Crippen LogP) is 13.7. The first-order valence-corrected chi connectivity index (χ1v) is 22.6. The summed E-state index contributed by atoms with van der Waals surface area (Å²) in [5.74, 6) is 2.01. The lowest BCUT2D eigenvalue weighted by Crippen LogP contribution is -2.74. The quantitative estimate of drug-likeness (QED) is 0.0775. The summed E-state index contributed by atoms with van der Waals surface area (Å²) in [6.45, 7) is 0. The molecule has 0 radical (unpaired) electrons. The van der Waals surface area contributed by atoms with Gasteiger partial charge >= 0.3 is 24.7 Å². The molecule has 0 N–H and O–H groups in total. The van der Waals surface area contributed by atoms with Gasteiger partial charge in [0.1, 0.15) is 23.4 Å². The van der Waals surface area contributed by atoms with Crippen LogP contribution in [0.25, 0.3) is 0 Å². The van der Waals surface area contributed by atoms with Crippen molar-refractivity contribution in [2.45, 2.75) is 40.2 Å². The second-order valence-corrected chi connectivity index (χ2v) is 18.4. The van der Waals surface area contributed by atoms with Crippen molar-refractivity contribution in [3.05, 3.63) is 240 Å². The summed E-state index contributed by atoms with van der Waals surface area (Å²) in [6, 6.07) is 50.5. The first-order valence-electron chi connectivity index (χ1n) is 20.9. The summed E-state index contributed by atoms with van der Waals surface area (Å²) >= 11 is 0. The average Bonchev–Trinajstić information content (AvgIpc) is 3.33. The van der Waals surface area contributed by atoms with Gasteiger partial charge in [0.15, 0.2) is 19.7 Å². The van der Waals surface area contributed by atoms with Crippen molar-refractivity contribution in [2.24, 2.45) is 0 Å². The lowest BCUT2D eigenvalue weighted by molar-refractivity contribution is -0.138. The Hall–Kier alpha value is -7.07. The minimum absolute atomic E-state index is 0.0114. The number of rotatable bonds is 10. The molecule has 0 aliphatic carbocycles. The van der Waals surface area contributed by atoms with E-state index in [4.69, 9.17) is 4.74 Å². The van der Waals surface area contributed by atoms with Crippen molar-refractivity contribution in [2.75, 3.05) is 0 Å². The van der Waals surface area contributed by atoms with Gasteiger partial charge in [-0.3, -0.25) is 0 Å². The fourth-order valence-corrected chi connectivity index (χ4v) is 10.6. The highest BCUT2D eigenvalue weighted by atomic mass is 32.2. The zero-order valence-electron chi connectivity index (χ0n) is 35.8. The maximum absolute atomic E-state index is 14.1. The molecule has 8 aromatic carbocycles. The third kappa shape index (κ3) is 11.5. The van der Waals surface area contributed by atoms with Gasteiger partial charge in [-0.2, -0.15) is 74.5 Å². The number of ether oxygens (including phenoxy) is 1. The lowest BCUT2D eigenvalue weighted by Gasteiger charge is -2.44. The molecular weight excluding hydrogens is 939 g/mol. The average molecular weight is 977 g/mol. The molecule has 354 valence electrons. The molecule has 0 aliphatic heterocycles. The van der Waals surface area contributed by atoms with E-state index in [0.717, 1.165) is 75.4 Å². The largest absolute Gasteiger partial charge is 0.457 e. The van der Waals surface area contributed by atoms with Crippen LogP contribution >= 0.6 is 0 Å². The molecule has 0 atom stereocenters. The van der Waals surface area contributed by atoms with Crippen molar-refractivity contribution >= 4 is 37.9 Å². The van der Waals surface area contributed by atoms with Gasteiger partial charge in [-0.15, -0.1) is 0 Å². The Morgan fingerprint density at radius 2 is 0.594 bits per heavy atom. The molecule has 0 spiro atoms. The van der Waals surface area contributed by atoms with E-state index in [1.807, 2.05) is 115 Å². The molecule has 0 amide bonds. The summed E-state index contributed by atoms with van der Waals surface area (Å²) in [5, 5.41) is 0. The number of halogens is 12. The second kappa shape index (κ2) is 19.9. The summed E-state index contributed by atoms with van der Waals surface area (Å²) < 4.78 is 180. The van der Waals surface area contributed by atoms with E-state index in [9.17, 15) is 56.9 Å². The molecule has 0 unspecified atom stereocenters. The molecule has 8 rings (SSSR count). The first kappa shape index (κ1) is 49.8. The highest BCUT2D eigenvalue weighted by Crippen LogP contribution is 2.35. The lowest BCUT2D eigenvalue weighted by atomic mass is 9.13. The molecule has 8 aromatic rings. The number of para-hydroxylation sites is 1. The van der Waals surface area contributed by atoms with Gasteiger partial charge in [0.05, 0.1) is 22.3 Å². The second-order valence-electron chi connectivity index (χ2n) is 15.8. The van der Waals surface area contributed by atoms with Crippen molar-refractivity contribution in [3.8, 4) is 11.5 Å². The highest BCUT2D eigenvalue weighted by Gasteiger charge is 2.39. The minimum atomic E-state index is -4.77. The Balaban J connectivity index is 0.000000218. The van der Waals surface area contributed by atoms with Crippen LogP contribution in [0.1, 0.15) is 27.8 Å². The zero-order chi connectivity index (χ0) is 49.7. The molecule has 16 heteroatoms. The summed E-state index contributed by atoms with van der Waals surface area (Å²) in [5.41, 5.74) is -3.28. The van der Waals surface area contributed by atoms with Gasteiger partial charge in [0, 0.05) is 5.56 Å². The monoisotopic (exact) mass is 976 g/mol. The number of hydrogen-bond acceptors (Lipinski definition) is 2. The van der Waals surface area contributed by atoms with Crippen LogP contribution in [0.3, 0.4) is 0 Å². The van der Waals surface area contributed by atoms with Crippen LogP contribution < -0.4 is 26.6 Å². The zero-order valence-corrected chi connectivity index (χ0v) is 36.6. The Labute approximate surface area is 390 Å². The minimum Gasteiger partial charge on any atom is -0.457 e. The molecule has 0 bridgehead atoms. The normalized spacial score (nSPS) is 12.5. The summed E-state index contributed by atoms with van der Waals surface area (Å²) in [6.07, 6.45) is -22.0. The molecular formula is C53H37BF12O2S. The SMILES string of the molecule is FC(F)(F)c1ccc([B-](c2ccc(C(F)(F)F)cc2)(c2ccc(C(F)(F)F)cc2)c2ccc(C(F)(F)F)cc2)cc1.O=[S+](Cc1ccc(Oc2ccccc2)cc1)(c1ccccc1)c1ccccc1. The van der Waals surface area contributed by atoms with E-state index in [-0.39, 0.29) is 21.9 Å². The Morgan fingerprint density at radius 1 is 0.333 bits per heavy atom. The Kier molecular flexibility index (Phi) is 14.4. The standard InChI is InChI=1S/C28H16BF12.C25H21O2S/c30-25(31,32)17-1-9-21(10-2-17)29(22-11-3-18(4-12-22)26(33,34)35,23-13-5-19(6-14-23)27(36,37)38)24-15-7-20(8-16-24)28(39,40)41;26-28(24-12-6-2-7-13-24,25-14-8-3-9-15-25)20-21-16-18-23(19-17-21)27-22-10-4-1-5-11-22/h1-16H;1-19H,20H2/q-1;+1. The fourth-order valence-electron chi connectivity index (χ4n) is 8.09. The van der Waals surface area contributed by atoms with E-state index in [1.54, 1.807) is 0 Å². The van der Waals surface area contributed by atoms with Gasteiger partial charge in [-0.25, -0.2) is 0 Å². The van der Waals surface area contributed by atoms with E-state index in [1.165, 1.54) is 0 Å². The molecule has 0 fully saturated rings. The van der Waals surface area contributed by atoms with Crippen molar-refractivity contribution in [1.82, 2.24) is 0 Å². The number of benzene rings is 8. The molecule has 0 saturated carbocycles. The van der Waals surface area contributed by atoms with Crippen molar-refractivity contribution < 1.29 is 61.6 Å². The van der Waals surface area contributed by atoms with Crippen molar-refractivity contribution in [1.29, 1.82) is 0 Å². The predicted molar refractivity (Wildman–Crippen MR) is 244 cm³/mol. The third-order valence-corrected chi connectivity index (χ3v) is 14.3. The number of hydrogen-bond donors (Lipinski definition) is 0. The van der Waals surface area contributed by atoms with Crippen LogP contribution in [0.5, 0.6) is 11.5 Å². The highest BCUT2D eigenvalue weighted by molar-refractivity contribution is 8.02. The fraction of sp³-hybridized carbons (Fsp3) is 0.0943. The number of alkyl halides is 12. The van der Waals surface area contributed by atoms with E-state index < -0.39 is 63.0 Å². The molecule has 0 aliphatic rings. The van der Waals surface area contributed by atoms with E-state index in [2.05, 4.69) is 0 Å². The van der Waals surface area contributed by atoms with Gasteiger partial charge < -0.3 is 4.74 Å². The molecule has 0 heterocycles. The van der Waals surface area contributed by atoms with Crippen LogP contribution in [0.15, 0.2) is 222 Å². The Morgan fingerprint density at radius 3 is 0.870 bits per heavy atom. The van der Waals surface area contributed by atoms with E-state index >= 15 is 0 Å². The Bertz CT molecular complexity index is 2680. The smallest absolute Gasteiger partial charge is 0.416 e. The van der Waals surface area contributed by atoms with Gasteiger partial charge in [-0.1, -0.05) is 168 Å². The molecule has 69 heavy (non-hydrogen) atoms. The van der Waals surface area contributed by atoms with Gasteiger partial charge in [0.25, 0.3) is 0 Å². The first-order chi connectivity index (χ1) is 32.6. The maximum atomic E-state index is 14.1. The topological polar surface area (TPSA) is 26.3 Å². The molecule has 2 nitrogen and oxygen atoms in total. The van der Waals surface area contributed by atoms with Gasteiger partial charge in [0.2, 0.25) is 0 Å². The van der Waals surface area contributed by atoms with Crippen LogP contribution in [-0.2, 0) is 44.6 Å². The van der Waals surface area contributed by atoms with Crippen molar-refractivity contribution in [3.63, 3.8) is 0 Å². The maximum Gasteiger partial charge on any atom is 0.416 e. The summed E-state index contributed by atoms with van der Waals surface area (Å²) in [4.78, 5) is 1.71. The van der Waals surface area contributed by atoms with Crippen LogP contribution in [0.2, 0.25) is 0 Å². The van der Waals surface area contributed by atoms with Crippen LogP contribution in [0.4, 0.5) is 52.7 Å².